The molecule has 3 nitrogen and oxygen atoms in total. The first-order chi connectivity index (χ1) is 9.02. The summed E-state index contributed by atoms with van der Waals surface area (Å²) in [6.07, 6.45) is 3.46. The molecule has 1 aliphatic rings. The summed E-state index contributed by atoms with van der Waals surface area (Å²) in [4.78, 5) is 11.7. The average molecular weight is 317 g/mol. The first kappa shape index (κ1) is 17.3. The van der Waals surface area contributed by atoms with E-state index >= 15 is 0 Å². The summed E-state index contributed by atoms with van der Waals surface area (Å²) < 4.78 is 0. The van der Waals surface area contributed by atoms with Crippen LogP contribution in [-0.4, -0.2) is 18.5 Å². The normalized spacial score (nSPS) is 16.9. The largest absolute Gasteiger partial charge is 0.355 e. The smallest absolute Gasteiger partial charge is 0.220 e. The maximum atomic E-state index is 11.7. The van der Waals surface area contributed by atoms with Crippen LogP contribution >= 0.6 is 24.0 Å². The molecule has 1 aromatic rings. The lowest BCUT2D eigenvalue weighted by atomic mass is 9.96. The summed E-state index contributed by atoms with van der Waals surface area (Å²) >= 11 is 6.02. The van der Waals surface area contributed by atoms with Gasteiger partial charge in [0.25, 0.3) is 0 Å². The number of carbonyl (C=O) groups excluding carboxylic acids is 1. The summed E-state index contributed by atoms with van der Waals surface area (Å²) in [6.45, 7) is 2.62. The number of rotatable bonds is 6. The van der Waals surface area contributed by atoms with Gasteiger partial charge in [-0.3, -0.25) is 4.79 Å². The quantitative estimate of drug-likeness (QED) is 0.847. The molecule has 112 valence electrons. The maximum absolute atomic E-state index is 11.7. The zero-order valence-electron chi connectivity index (χ0n) is 11.7. The predicted molar refractivity (Wildman–Crippen MR) is 85.5 cm³/mol. The van der Waals surface area contributed by atoms with Crippen LogP contribution in [-0.2, 0) is 10.2 Å². The molecule has 3 N–H and O–H groups in total. The number of halogens is 2. The molecule has 1 unspecified atom stereocenters. The van der Waals surface area contributed by atoms with Crippen molar-refractivity contribution in [1.29, 1.82) is 0 Å². The lowest BCUT2D eigenvalue weighted by molar-refractivity contribution is -0.121. The molecule has 0 radical (unpaired) electrons. The highest BCUT2D eigenvalue weighted by Gasteiger charge is 2.44. The third kappa shape index (κ3) is 4.65. The van der Waals surface area contributed by atoms with Crippen LogP contribution in [0.1, 0.15) is 38.2 Å². The Morgan fingerprint density at radius 3 is 2.75 bits per heavy atom. The summed E-state index contributed by atoms with van der Waals surface area (Å²) in [5.41, 5.74) is 6.98. The van der Waals surface area contributed by atoms with E-state index in [9.17, 15) is 4.79 Å². The Kier molecular flexibility index (Phi) is 6.31. The number of benzene rings is 1. The van der Waals surface area contributed by atoms with Crippen LogP contribution in [0.3, 0.4) is 0 Å². The van der Waals surface area contributed by atoms with Crippen molar-refractivity contribution in [2.45, 2.75) is 44.1 Å². The highest BCUT2D eigenvalue weighted by molar-refractivity contribution is 6.30. The van der Waals surface area contributed by atoms with E-state index in [-0.39, 0.29) is 29.8 Å². The molecule has 1 saturated carbocycles. The average Bonchev–Trinajstić information content (AvgIpc) is 3.15. The van der Waals surface area contributed by atoms with E-state index in [0.717, 1.165) is 24.3 Å². The minimum absolute atomic E-state index is 0. The molecule has 1 aromatic carbocycles. The SMILES string of the molecule is CC(N)CCC(=O)NCC1(c2cccc(Cl)c2)CC1.Cl. The predicted octanol–water partition coefficient (Wildman–Crippen LogP) is 3.04. The van der Waals surface area contributed by atoms with E-state index in [2.05, 4.69) is 11.4 Å². The van der Waals surface area contributed by atoms with Crippen molar-refractivity contribution in [3.63, 3.8) is 0 Å². The summed E-state index contributed by atoms with van der Waals surface area (Å²) in [5.74, 6) is 0.0885. The number of nitrogens with one attached hydrogen (secondary N) is 1. The van der Waals surface area contributed by atoms with E-state index in [0.29, 0.717) is 13.0 Å². The minimum atomic E-state index is 0. The van der Waals surface area contributed by atoms with Gasteiger partial charge in [0, 0.05) is 29.4 Å². The van der Waals surface area contributed by atoms with Crippen LogP contribution in [0, 0.1) is 0 Å². The molecule has 0 heterocycles. The number of nitrogens with two attached hydrogens (primary N) is 1. The van der Waals surface area contributed by atoms with Crippen LogP contribution < -0.4 is 11.1 Å². The number of hydrogen-bond donors (Lipinski definition) is 2. The highest BCUT2D eigenvalue weighted by Crippen LogP contribution is 2.48. The Hall–Kier alpha value is -0.770. The van der Waals surface area contributed by atoms with Crippen LogP contribution in [0.4, 0.5) is 0 Å². The standard InChI is InChI=1S/C15H21ClN2O.ClH/c1-11(17)5-6-14(19)18-10-15(7-8-15)12-3-2-4-13(16)9-12;/h2-4,9,11H,5-8,10,17H2,1H3,(H,18,19);1H. The molecule has 0 saturated heterocycles. The van der Waals surface area contributed by atoms with E-state index in [1.165, 1.54) is 5.56 Å². The molecule has 1 amide bonds. The van der Waals surface area contributed by atoms with Gasteiger partial charge in [-0.05, 0) is 43.9 Å². The Morgan fingerprint density at radius 2 is 2.20 bits per heavy atom. The molecule has 1 atom stereocenters. The topological polar surface area (TPSA) is 55.1 Å². The molecule has 0 spiro atoms. The Morgan fingerprint density at radius 1 is 1.50 bits per heavy atom. The molecule has 2 rings (SSSR count). The molecule has 1 aliphatic carbocycles. The first-order valence-corrected chi connectivity index (χ1v) is 7.18. The lowest BCUT2D eigenvalue weighted by Crippen LogP contribution is -2.33. The van der Waals surface area contributed by atoms with Crippen molar-refractivity contribution < 1.29 is 4.79 Å². The fourth-order valence-electron chi connectivity index (χ4n) is 2.25. The summed E-state index contributed by atoms with van der Waals surface area (Å²) in [7, 11) is 0. The molecule has 0 aliphatic heterocycles. The van der Waals surface area contributed by atoms with Crippen molar-refractivity contribution in [2.75, 3.05) is 6.54 Å². The fraction of sp³-hybridized carbons (Fsp3) is 0.533. The zero-order valence-corrected chi connectivity index (χ0v) is 13.3. The van der Waals surface area contributed by atoms with Crippen molar-refractivity contribution in [1.82, 2.24) is 5.32 Å². The number of hydrogen-bond acceptors (Lipinski definition) is 2. The second kappa shape index (κ2) is 7.30. The highest BCUT2D eigenvalue weighted by atomic mass is 35.5. The van der Waals surface area contributed by atoms with Crippen molar-refractivity contribution >= 4 is 29.9 Å². The van der Waals surface area contributed by atoms with Gasteiger partial charge in [0.05, 0.1) is 0 Å². The molecule has 5 heteroatoms. The fourth-order valence-corrected chi connectivity index (χ4v) is 2.44. The molecule has 1 fully saturated rings. The van der Waals surface area contributed by atoms with Gasteiger partial charge in [-0.15, -0.1) is 12.4 Å². The zero-order chi connectivity index (χ0) is 13.9. The number of amides is 1. The molecular formula is C15H22Cl2N2O. The van der Waals surface area contributed by atoms with Gasteiger partial charge in [-0.2, -0.15) is 0 Å². The van der Waals surface area contributed by atoms with Gasteiger partial charge in [0.2, 0.25) is 5.91 Å². The van der Waals surface area contributed by atoms with Crippen LogP contribution in [0.25, 0.3) is 0 Å². The van der Waals surface area contributed by atoms with Gasteiger partial charge in [0.1, 0.15) is 0 Å². The Labute approximate surface area is 131 Å². The first-order valence-electron chi connectivity index (χ1n) is 6.80. The number of carbonyl (C=O) groups is 1. The van der Waals surface area contributed by atoms with Crippen molar-refractivity contribution in [3.05, 3.63) is 34.9 Å². The van der Waals surface area contributed by atoms with E-state index in [1.54, 1.807) is 0 Å². The van der Waals surface area contributed by atoms with Gasteiger partial charge >= 0.3 is 0 Å². The summed E-state index contributed by atoms with van der Waals surface area (Å²) in [5, 5.41) is 3.78. The Balaban J connectivity index is 0.00000200. The molecular weight excluding hydrogens is 295 g/mol. The summed E-state index contributed by atoms with van der Waals surface area (Å²) in [6, 6.07) is 8.02. The lowest BCUT2D eigenvalue weighted by Gasteiger charge is -2.17. The minimum Gasteiger partial charge on any atom is -0.355 e. The van der Waals surface area contributed by atoms with Gasteiger partial charge < -0.3 is 11.1 Å². The van der Waals surface area contributed by atoms with Crippen molar-refractivity contribution in [2.24, 2.45) is 5.73 Å². The second-order valence-corrected chi connectivity index (χ2v) is 6.02. The molecule has 0 aromatic heterocycles. The van der Waals surface area contributed by atoms with Gasteiger partial charge in [-0.25, -0.2) is 0 Å². The maximum Gasteiger partial charge on any atom is 0.220 e. The van der Waals surface area contributed by atoms with Gasteiger partial charge in [0.15, 0.2) is 0 Å². The third-order valence-corrected chi connectivity index (χ3v) is 3.98. The van der Waals surface area contributed by atoms with Gasteiger partial charge in [-0.1, -0.05) is 23.7 Å². The molecule has 20 heavy (non-hydrogen) atoms. The van der Waals surface area contributed by atoms with E-state index in [4.69, 9.17) is 17.3 Å². The second-order valence-electron chi connectivity index (χ2n) is 5.58. The van der Waals surface area contributed by atoms with Crippen LogP contribution in [0.2, 0.25) is 5.02 Å². The van der Waals surface area contributed by atoms with E-state index in [1.807, 2.05) is 25.1 Å². The van der Waals surface area contributed by atoms with Crippen LogP contribution in [0.15, 0.2) is 24.3 Å². The Bertz CT molecular complexity index is 459. The third-order valence-electron chi connectivity index (χ3n) is 3.74. The van der Waals surface area contributed by atoms with Crippen molar-refractivity contribution in [3.8, 4) is 0 Å². The van der Waals surface area contributed by atoms with E-state index < -0.39 is 0 Å². The molecule has 0 bridgehead atoms. The monoisotopic (exact) mass is 316 g/mol. The van der Waals surface area contributed by atoms with Crippen LogP contribution in [0.5, 0.6) is 0 Å².